The fourth-order valence-electron chi connectivity index (χ4n) is 2.20. The molecule has 0 radical (unpaired) electrons. The minimum Gasteiger partial charge on any atom is -0.489 e. The molecule has 1 heterocycles. The summed E-state index contributed by atoms with van der Waals surface area (Å²) in [5, 5.41) is 10.7. The first-order chi connectivity index (χ1) is 9.87. The van der Waals surface area contributed by atoms with E-state index in [0.717, 1.165) is 5.56 Å². The highest BCUT2D eigenvalue weighted by molar-refractivity contribution is 5.30. The molecule has 0 aliphatic carbocycles. The lowest BCUT2D eigenvalue weighted by Crippen LogP contribution is -2.24. The SMILES string of the molecule is CC(C)Oc1cncc(C(C)(O)Cc2cccc(F)c2)c1. The smallest absolute Gasteiger partial charge is 0.138 e. The van der Waals surface area contributed by atoms with Gasteiger partial charge in [0.25, 0.3) is 0 Å². The molecule has 0 spiro atoms. The lowest BCUT2D eigenvalue weighted by atomic mass is 9.90. The Labute approximate surface area is 124 Å². The highest BCUT2D eigenvalue weighted by Crippen LogP contribution is 2.27. The van der Waals surface area contributed by atoms with Crippen LogP contribution in [0.15, 0.2) is 42.7 Å². The van der Waals surface area contributed by atoms with E-state index in [4.69, 9.17) is 4.74 Å². The van der Waals surface area contributed by atoms with Crippen molar-refractivity contribution >= 4 is 0 Å². The number of hydrogen-bond acceptors (Lipinski definition) is 3. The van der Waals surface area contributed by atoms with E-state index in [1.54, 1.807) is 37.5 Å². The number of aromatic nitrogens is 1. The Bertz CT molecular complexity index is 611. The second-order valence-electron chi connectivity index (χ2n) is 5.66. The second kappa shape index (κ2) is 6.22. The van der Waals surface area contributed by atoms with Crippen LogP contribution in [0.3, 0.4) is 0 Å². The largest absolute Gasteiger partial charge is 0.489 e. The van der Waals surface area contributed by atoms with E-state index in [2.05, 4.69) is 4.98 Å². The van der Waals surface area contributed by atoms with E-state index in [9.17, 15) is 9.50 Å². The highest BCUT2D eigenvalue weighted by atomic mass is 19.1. The van der Waals surface area contributed by atoms with Crippen LogP contribution in [-0.4, -0.2) is 16.2 Å². The van der Waals surface area contributed by atoms with Crippen molar-refractivity contribution in [1.82, 2.24) is 4.98 Å². The molecule has 0 saturated heterocycles. The maximum Gasteiger partial charge on any atom is 0.138 e. The summed E-state index contributed by atoms with van der Waals surface area (Å²) in [7, 11) is 0. The lowest BCUT2D eigenvalue weighted by Gasteiger charge is -2.24. The minimum absolute atomic E-state index is 0.0372. The quantitative estimate of drug-likeness (QED) is 0.916. The van der Waals surface area contributed by atoms with Crippen LogP contribution in [0.4, 0.5) is 4.39 Å². The summed E-state index contributed by atoms with van der Waals surface area (Å²) < 4.78 is 18.8. The van der Waals surface area contributed by atoms with E-state index < -0.39 is 5.60 Å². The summed E-state index contributed by atoms with van der Waals surface area (Å²) >= 11 is 0. The van der Waals surface area contributed by atoms with Crippen LogP contribution in [0.5, 0.6) is 5.75 Å². The number of pyridine rings is 1. The number of hydrogen-bond donors (Lipinski definition) is 1. The van der Waals surface area contributed by atoms with Crippen LogP contribution in [0.25, 0.3) is 0 Å². The molecular formula is C17H20FNO2. The molecule has 0 bridgehead atoms. The fraction of sp³-hybridized carbons (Fsp3) is 0.353. The summed E-state index contributed by atoms with van der Waals surface area (Å²) in [5.41, 5.74) is 0.233. The van der Waals surface area contributed by atoms with Gasteiger partial charge in [-0.3, -0.25) is 4.98 Å². The van der Waals surface area contributed by atoms with Gasteiger partial charge < -0.3 is 9.84 Å². The minimum atomic E-state index is -1.14. The highest BCUT2D eigenvalue weighted by Gasteiger charge is 2.25. The topological polar surface area (TPSA) is 42.4 Å². The number of ether oxygens (including phenoxy) is 1. The van der Waals surface area contributed by atoms with Crippen molar-refractivity contribution in [2.75, 3.05) is 0 Å². The van der Waals surface area contributed by atoms with Crippen molar-refractivity contribution in [1.29, 1.82) is 0 Å². The normalized spacial score (nSPS) is 14.0. The molecule has 0 aliphatic rings. The van der Waals surface area contributed by atoms with Crippen molar-refractivity contribution in [3.8, 4) is 5.75 Å². The number of nitrogens with zero attached hydrogens (tertiary/aromatic N) is 1. The molecule has 21 heavy (non-hydrogen) atoms. The zero-order valence-electron chi connectivity index (χ0n) is 12.5. The predicted molar refractivity (Wildman–Crippen MR) is 79.7 cm³/mol. The molecule has 112 valence electrons. The zero-order valence-corrected chi connectivity index (χ0v) is 12.5. The Kier molecular flexibility index (Phi) is 4.58. The third-order valence-electron chi connectivity index (χ3n) is 3.14. The molecule has 1 N–H and O–H groups in total. The van der Waals surface area contributed by atoms with Gasteiger partial charge in [-0.15, -0.1) is 0 Å². The van der Waals surface area contributed by atoms with Gasteiger partial charge in [-0.05, 0) is 44.5 Å². The van der Waals surface area contributed by atoms with Gasteiger partial charge in [0.15, 0.2) is 0 Å². The third kappa shape index (κ3) is 4.26. The Morgan fingerprint density at radius 1 is 1.29 bits per heavy atom. The van der Waals surface area contributed by atoms with E-state index in [1.807, 2.05) is 13.8 Å². The Balaban J connectivity index is 2.22. The van der Waals surface area contributed by atoms with E-state index >= 15 is 0 Å². The first-order valence-corrected chi connectivity index (χ1v) is 6.96. The van der Waals surface area contributed by atoms with Crippen LogP contribution in [0.1, 0.15) is 31.9 Å². The molecule has 0 fully saturated rings. The molecule has 0 aliphatic heterocycles. The van der Waals surface area contributed by atoms with Gasteiger partial charge in [0.05, 0.1) is 17.9 Å². The van der Waals surface area contributed by atoms with Crippen LogP contribution in [-0.2, 0) is 12.0 Å². The first kappa shape index (κ1) is 15.4. The molecule has 2 rings (SSSR count). The fourth-order valence-corrected chi connectivity index (χ4v) is 2.20. The van der Waals surface area contributed by atoms with Crippen LogP contribution < -0.4 is 4.74 Å². The van der Waals surface area contributed by atoms with Crippen molar-refractivity contribution < 1.29 is 14.2 Å². The van der Waals surface area contributed by atoms with Gasteiger partial charge in [0, 0.05) is 18.2 Å². The molecule has 1 unspecified atom stereocenters. The molecule has 4 heteroatoms. The number of aliphatic hydroxyl groups is 1. The number of rotatable bonds is 5. The van der Waals surface area contributed by atoms with Crippen molar-refractivity contribution in [2.24, 2.45) is 0 Å². The average Bonchev–Trinajstić information content (AvgIpc) is 2.37. The lowest BCUT2D eigenvalue weighted by molar-refractivity contribution is 0.0567. The van der Waals surface area contributed by atoms with E-state index in [1.165, 1.54) is 12.1 Å². The van der Waals surface area contributed by atoms with E-state index in [-0.39, 0.29) is 11.9 Å². The summed E-state index contributed by atoms with van der Waals surface area (Å²) in [6.07, 6.45) is 3.56. The maximum atomic E-state index is 13.2. The third-order valence-corrected chi connectivity index (χ3v) is 3.14. The van der Waals surface area contributed by atoms with Gasteiger partial charge in [0.2, 0.25) is 0 Å². The van der Waals surface area contributed by atoms with Crippen molar-refractivity contribution in [2.45, 2.75) is 38.9 Å². The maximum absolute atomic E-state index is 13.2. The van der Waals surface area contributed by atoms with Crippen molar-refractivity contribution in [3.05, 3.63) is 59.7 Å². The Morgan fingerprint density at radius 2 is 2.05 bits per heavy atom. The first-order valence-electron chi connectivity index (χ1n) is 6.96. The second-order valence-corrected chi connectivity index (χ2v) is 5.66. The number of benzene rings is 1. The zero-order chi connectivity index (χ0) is 15.5. The molecule has 3 nitrogen and oxygen atoms in total. The van der Waals surface area contributed by atoms with Gasteiger partial charge >= 0.3 is 0 Å². The molecule has 2 aromatic rings. The average molecular weight is 289 g/mol. The molecule has 1 aromatic heterocycles. The molecule has 0 amide bonds. The van der Waals surface area contributed by atoms with Crippen LogP contribution in [0, 0.1) is 5.82 Å². The molecule has 1 aromatic carbocycles. The van der Waals surface area contributed by atoms with Gasteiger partial charge in [-0.1, -0.05) is 12.1 Å². The Hall–Kier alpha value is -1.94. The van der Waals surface area contributed by atoms with Gasteiger partial charge in [-0.2, -0.15) is 0 Å². The monoisotopic (exact) mass is 289 g/mol. The van der Waals surface area contributed by atoms with Crippen LogP contribution in [0.2, 0.25) is 0 Å². The molecule has 0 saturated carbocycles. The summed E-state index contributed by atoms with van der Waals surface area (Å²) in [5.74, 6) is 0.306. The van der Waals surface area contributed by atoms with E-state index in [0.29, 0.717) is 17.7 Å². The van der Waals surface area contributed by atoms with Crippen molar-refractivity contribution in [3.63, 3.8) is 0 Å². The summed E-state index contributed by atoms with van der Waals surface area (Å²) in [6, 6.07) is 8.01. The Morgan fingerprint density at radius 3 is 2.71 bits per heavy atom. The van der Waals surface area contributed by atoms with Gasteiger partial charge in [0.1, 0.15) is 11.6 Å². The van der Waals surface area contributed by atoms with Crippen LogP contribution >= 0.6 is 0 Å². The van der Waals surface area contributed by atoms with Gasteiger partial charge in [-0.25, -0.2) is 4.39 Å². The standard InChI is InChI=1S/C17H20FNO2/c1-12(2)21-16-8-14(10-19-11-16)17(3,20)9-13-5-4-6-15(18)7-13/h4-8,10-12,20H,9H2,1-3H3. The predicted octanol–water partition coefficient (Wildman–Crippen LogP) is 3.46. The number of halogens is 1. The molecular weight excluding hydrogens is 269 g/mol. The summed E-state index contributed by atoms with van der Waals surface area (Å²) in [6.45, 7) is 5.54. The summed E-state index contributed by atoms with van der Waals surface area (Å²) in [4.78, 5) is 4.10. The molecule has 1 atom stereocenters.